The molecule has 110 valence electrons. The molecule has 0 heterocycles. The van der Waals surface area contributed by atoms with E-state index in [1.165, 1.54) is 0 Å². The van der Waals surface area contributed by atoms with E-state index in [1.54, 1.807) is 0 Å². The van der Waals surface area contributed by atoms with Crippen molar-refractivity contribution in [3.8, 4) is 0 Å². The zero-order chi connectivity index (χ0) is 14.2. The molecule has 0 saturated carbocycles. The molecular weight excluding hydrogens is 234 g/mol. The van der Waals surface area contributed by atoms with Crippen LogP contribution in [0.5, 0.6) is 0 Å². The van der Waals surface area contributed by atoms with Crippen LogP contribution >= 0.6 is 0 Å². The summed E-state index contributed by atoms with van der Waals surface area (Å²) in [5.74, 6) is -1.74. The summed E-state index contributed by atoms with van der Waals surface area (Å²) >= 11 is 0. The zero-order valence-corrected chi connectivity index (χ0v) is 12.9. The van der Waals surface area contributed by atoms with E-state index in [-0.39, 0.29) is 0 Å². The summed E-state index contributed by atoms with van der Waals surface area (Å²) < 4.78 is 22.9. The summed E-state index contributed by atoms with van der Waals surface area (Å²) in [7, 11) is 1.87. The minimum absolute atomic E-state index is 0.551. The predicted octanol–water partition coefficient (Wildman–Crippen LogP) is 2.41. The van der Waals surface area contributed by atoms with Gasteiger partial charge in [0.05, 0.1) is 0 Å². The quantitative estimate of drug-likeness (QED) is 0.566. The Morgan fingerprint density at radius 2 is 0.889 bits per heavy atom. The predicted molar refractivity (Wildman–Crippen MR) is 71.1 cm³/mol. The molecular formula is C13H29NO4. The highest BCUT2D eigenvalue weighted by Crippen LogP contribution is 2.28. The van der Waals surface area contributed by atoms with Gasteiger partial charge in [0.1, 0.15) is 0 Å². The first-order valence-electron chi connectivity index (χ1n) is 6.69. The molecule has 0 unspecified atom stereocenters. The molecule has 5 nitrogen and oxygen atoms in total. The lowest BCUT2D eigenvalue weighted by Crippen LogP contribution is -2.61. The molecule has 0 aromatic carbocycles. The topological polar surface area (TPSA) is 40.2 Å². The van der Waals surface area contributed by atoms with E-state index in [9.17, 15) is 0 Å². The van der Waals surface area contributed by atoms with Crippen LogP contribution in [0.2, 0.25) is 0 Å². The van der Waals surface area contributed by atoms with Crippen molar-refractivity contribution in [1.82, 2.24) is 4.90 Å². The lowest BCUT2D eigenvalue weighted by atomic mass is 10.3. The Morgan fingerprint density at radius 1 is 0.667 bits per heavy atom. The Labute approximate surface area is 111 Å². The van der Waals surface area contributed by atoms with E-state index in [2.05, 4.69) is 0 Å². The molecule has 0 N–H and O–H groups in total. The first kappa shape index (κ1) is 17.8. The maximum atomic E-state index is 5.71. The van der Waals surface area contributed by atoms with E-state index in [1.807, 2.05) is 53.5 Å². The van der Waals surface area contributed by atoms with E-state index >= 15 is 0 Å². The summed E-state index contributed by atoms with van der Waals surface area (Å²) in [5.41, 5.74) is 0. The lowest BCUT2D eigenvalue weighted by Gasteiger charge is -2.46. The van der Waals surface area contributed by atoms with E-state index < -0.39 is 11.8 Å². The molecule has 0 bridgehead atoms. The van der Waals surface area contributed by atoms with Crippen LogP contribution in [0, 0.1) is 0 Å². The Hall–Kier alpha value is -0.200. The number of nitrogens with zero attached hydrogens (tertiary/aromatic N) is 1. The SMILES string of the molecule is CCOC(C)(OCC)N(C)C(C)(OCC)OCC. The van der Waals surface area contributed by atoms with Gasteiger partial charge in [0, 0.05) is 40.3 Å². The highest BCUT2D eigenvalue weighted by atomic mass is 16.8. The molecule has 0 atom stereocenters. The van der Waals surface area contributed by atoms with Crippen molar-refractivity contribution in [2.45, 2.75) is 53.4 Å². The molecule has 0 aromatic rings. The van der Waals surface area contributed by atoms with Crippen LogP contribution in [0.1, 0.15) is 41.5 Å². The summed E-state index contributed by atoms with van der Waals surface area (Å²) in [5, 5.41) is 0. The Morgan fingerprint density at radius 3 is 1.06 bits per heavy atom. The molecule has 0 aliphatic carbocycles. The van der Waals surface area contributed by atoms with Gasteiger partial charge < -0.3 is 18.9 Å². The molecule has 18 heavy (non-hydrogen) atoms. The minimum Gasteiger partial charge on any atom is -0.338 e. The zero-order valence-electron chi connectivity index (χ0n) is 12.9. The normalized spacial score (nSPS) is 13.3. The molecule has 0 aliphatic rings. The van der Waals surface area contributed by atoms with Gasteiger partial charge in [0.25, 0.3) is 0 Å². The highest BCUT2D eigenvalue weighted by molar-refractivity contribution is 4.72. The van der Waals surface area contributed by atoms with Crippen molar-refractivity contribution < 1.29 is 18.9 Å². The molecule has 0 rings (SSSR count). The second kappa shape index (κ2) is 8.07. The molecule has 0 radical (unpaired) electrons. The fourth-order valence-corrected chi connectivity index (χ4v) is 1.91. The van der Waals surface area contributed by atoms with Gasteiger partial charge in [-0.15, -0.1) is 0 Å². The van der Waals surface area contributed by atoms with Crippen molar-refractivity contribution in [3.63, 3.8) is 0 Å². The molecule has 0 spiro atoms. The Balaban J connectivity index is 5.04. The molecule has 0 aromatic heterocycles. The van der Waals surface area contributed by atoms with Crippen LogP contribution in [-0.2, 0) is 18.9 Å². The van der Waals surface area contributed by atoms with Crippen molar-refractivity contribution in [3.05, 3.63) is 0 Å². The van der Waals surface area contributed by atoms with Crippen molar-refractivity contribution in [1.29, 1.82) is 0 Å². The molecule has 0 fully saturated rings. The summed E-state index contributed by atoms with van der Waals surface area (Å²) in [6, 6.07) is 0. The third-order valence-corrected chi connectivity index (χ3v) is 2.87. The maximum Gasteiger partial charge on any atom is 0.230 e. The van der Waals surface area contributed by atoms with Gasteiger partial charge in [-0.2, -0.15) is 0 Å². The van der Waals surface area contributed by atoms with Crippen LogP contribution in [-0.4, -0.2) is 50.2 Å². The summed E-state index contributed by atoms with van der Waals surface area (Å²) in [6.07, 6.45) is 0. The van der Waals surface area contributed by atoms with Crippen LogP contribution in [0.25, 0.3) is 0 Å². The van der Waals surface area contributed by atoms with Gasteiger partial charge >= 0.3 is 0 Å². The van der Waals surface area contributed by atoms with Gasteiger partial charge in [0.15, 0.2) is 0 Å². The van der Waals surface area contributed by atoms with Gasteiger partial charge in [-0.3, -0.25) is 0 Å². The smallest absolute Gasteiger partial charge is 0.230 e. The maximum absolute atomic E-state index is 5.71. The first-order chi connectivity index (χ1) is 8.40. The van der Waals surface area contributed by atoms with Crippen molar-refractivity contribution >= 4 is 0 Å². The fourth-order valence-electron chi connectivity index (χ4n) is 1.91. The van der Waals surface area contributed by atoms with E-state index in [0.717, 1.165) is 0 Å². The average molecular weight is 263 g/mol. The Bertz CT molecular complexity index is 189. The minimum atomic E-state index is -0.872. The van der Waals surface area contributed by atoms with Gasteiger partial charge in [-0.05, 0) is 34.7 Å². The number of ether oxygens (including phenoxy) is 4. The van der Waals surface area contributed by atoms with E-state index in [4.69, 9.17) is 18.9 Å². The van der Waals surface area contributed by atoms with Crippen molar-refractivity contribution in [2.24, 2.45) is 0 Å². The first-order valence-corrected chi connectivity index (χ1v) is 6.69. The largest absolute Gasteiger partial charge is 0.338 e. The highest BCUT2D eigenvalue weighted by Gasteiger charge is 2.44. The van der Waals surface area contributed by atoms with Crippen molar-refractivity contribution in [2.75, 3.05) is 33.5 Å². The second-order valence-electron chi connectivity index (χ2n) is 4.09. The lowest BCUT2D eigenvalue weighted by molar-refractivity contribution is -0.405. The van der Waals surface area contributed by atoms with Gasteiger partial charge in [-0.1, -0.05) is 0 Å². The third-order valence-electron chi connectivity index (χ3n) is 2.87. The number of hydrogen-bond acceptors (Lipinski definition) is 5. The molecule has 0 amide bonds. The third kappa shape index (κ3) is 4.48. The van der Waals surface area contributed by atoms with Crippen LogP contribution in [0.4, 0.5) is 0 Å². The number of hydrogen-bond donors (Lipinski definition) is 0. The van der Waals surface area contributed by atoms with Gasteiger partial charge in [-0.25, -0.2) is 4.90 Å². The van der Waals surface area contributed by atoms with Gasteiger partial charge in [0.2, 0.25) is 11.8 Å². The van der Waals surface area contributed by atoms with Crippen LogP contribution in [0.15, 0.2) is 0 Å². The van der Waals surface area contributed by atoms with Crippen LogP contribution < -0.4 is 0 Å². The summed E-state index contributed by atoms with van der Waals surface area (Å²) in [4.78, 5) is 1.83. The average Bonchev–Trinajstić information content (AvgIpc) is 2.29. The summed E-state index contributed by atoms with van der Waals surface area (Å²) in [6.45, 7) is 13.7. The van der Waals surface area contributed by atoms with Crippen LogP contribution in [0.3, 0.4) is 0 Å². The molecule has 0 saturated heterocycles. The van der Waals surface area contributed by atoms with E-state index in [0.29, 0.717) is 26.4 Å². The Kier molecular flexibility index (Phi) is 7.98. The molecule has 5 heteroatoms. The number of rotatable bonds is 10. The second-order valence-corrected chi connectivity index (χ2v) is 4.09. The fraction of sp³-hybridized carbons (Fsp3) is 1.00. The monoisotopic (exact) mass is 263 g/mol. The molecule has 0 aliphatic heterocycles. The standard InChI is InChI=1S/C13H29NO4/c1-8-15-12(5,16-9-2)14(7)13(6,17-10-3)18-11-4/h8-11H2,1-7H3.